The van der Waals surface area contributed by atoms with Gasteiger partial charge >= 0.3 is 5.97 Å². The van der Waals surface area contributed by atoms with Crippen LogP contribution < -0.4 is 5.73 Å². The van der Waals surface area contributed by atoms with Crippen molar-refractivity contribution in [3.05, 3.63) is 48.0 Å². The second kappa shape index (κ2) is 6.59. The fraction of sp³-hybridized carbons (Fsp3) is 0.267. The molecule has 2 aromatic rings. The van der Waals surface area contributed by atoms with E-state index in [-0.39, 0.29) is 12.0 Å². The summed E-state index contributed by atoms with van der Waals surface area (Å²) in [6, 6.07) is 14.2. The van der Waals surface area contributed by atoms with Crippen LogP contribution in [-0.4, -0.2) is 24.6 Å². The lowest BCUT2D eigenvalue weighted by Gasteiger charge is -2.14. The van der Waals surface area contributed by atoms with E-state index in [2.05, 4.69) is 22.9 Å². The van der Waals surface area contributed by atoms with E-state index in [1.54, 1.807) is 0 Å². The molecular formula is C15H17NO2S. The number of esters is 1. The molecule has 0 fully saturated rings. The van der Waals surface area contributed by atoms with Gasteiger partial charge in [0.05, 0.1) is 12.9 Å². The Morgan fingerprint density at radius 3 is 2.79 bits per heavy atom. The summed E-state index contributed by atoms with van der Waals surface area (Å²) in [5.41, 5.74) is 7.34. The summed E-state index contributed by atoms with van der Waals surface area (Å²) >= 11 is 1.50. The van der Waals surface area contributed by atoms with E-state index in [9.17, 15) is 4.79 Å². The number of methoxy groups -OCH3 is 1. The smallest absolute Gasteiger partial charge is 0.315 e. The average Bonchev–Trinajstić information content (AvgIpc) is 2.46. The van der Waals surface area contributed by atoms with Gasteiger partial charge in [-0.3, -0.25) is 4.79 Å². The minimum absolute atomic E-state index is 0.0826. The Hall–Kier alpha value is -1.52. The molecule has 0 saturated carbocycles. The van der Waals surface area contributed by atoms with E-state index >= 15 is 0 Å². The molecule has 1 atom stereocenters. The molecule has 3 nitrogen and oxygen atoms in total. The minimum Gasteiger partial charge on any atom is -0.468 e. The molecule has 0 amide bonds. The monoisotopic (exact) mass is 275 g/mol. The molecule has 0 aliphatic carbocycles. The molecule has 0 aromatic heterocycles. The summed E-state index contributed by atoms with van der Waals surface area (Å²) in [7, 11) is 1.40. The molecule has 0 spiro atoms. The van der Waals surface area contributed by atoms with Crippen LogP contribution in [0, 0.1) is 0 Å². The van der Waals surface area contributed by atoms with Crippen LogP contribution >= 0.6 is 11.8 Å². The third-order valence-electron chi connectivity index (χ3n) is 2.97. The predicted molar refractivity (Wildman–Crippen MR) is 80.2 cm³/mol. The molecule has 19 heavy (non-hydrogen) atoms. The van der Waals surface area contributed by atoms with Crippen LogP contribution in [-0.2, 0) is 9.53 Å². The third kappa shape index (κ3) is 3.49. The number of benzene rings is 2. The van der Waals surface area contributed by atoms with Crippen LogP contribution in [0.25, 0.3) is 10.8 Å². The number of hydrogen-bond acceptors (Lipinski definition) is 4. The molecule has 1 unspecified atom stereocenters. The number of nitrogens with two attached hydrogens (primary N) is 1. The Morgan fingerprint density at radius 1 is 1.26 bits per heavy atom. The SMILES string of the molecule is COC(=O)CSCC(N)c1cccc2ccccc12. The summed E-state index contributed by atoms with van der Waals surface area (Å²) < 4.78 is 4.61. The van der Waals surface area contributed by atoms with Crippen LogP contribution in [0.15, 0.2) is 42.5 Å². The number of ether oxygens (including phenoxy) is 1. The third-order valence-corrected chi connectivity index (χ3v) is 4.00. The lowest BCUT2D eigenvalue weighted by molar-refractivity contribution is -0.137. The highest BCUT2D eigenvalue weighted by Gasteiger charge is 2.10. The number of hydrogen-bond donors (Lipinski definition) is 1. The van der Waals surface area contributed by atoms with Crippen LogP contribution in [0.1, 0.15) is 11.6 Å². The van der Waals surface area contributed by atoms with Gasteiger partial charge in [0.15, 0.2) is 0 Å². The van der Waals surface area contributed by atoms with Crippen molar-refractivity contribution in [1.29, 1.82) is 0 Å². The van der Waals surface area contributed by atoms with Crippen molar-refractivity contribution < 1.29 is 9.53 Å². The molecular weight excluding hydrogens is 258 g/mol. The van der Waals surface area contributed by atoms with E-state index in [0.717, 1.165) is 5.56 Å². The van der Waals surface area contributed by atoms with Gasteiger partial charge in [0.25, 0.3) is 0 Å². The molecule has 2 N–H and O–H groups in total. The zero-order valence-electron chi connectivity index (χ0n) is 10.8. The van der Waals surface area contributed by atoms with Gasteiger partial charge in [-0.15, -0.1) is 11.8 Å². The van der Waals surface area contributed by atoms with E-state index < -0.39 is 0 Å². The largest absolute Gasteiger partial charge is 0.468 e. The average molecular weight is 275 g/mol. The maximum absolute atomic E-state index is 11.1. The maximum Gasteiger partial charge on any atom is 0.315 e. The number of fused-ring (bicyclic) bond motifs is 1. The molecule has 100 valence electrons. The number of rotatable bonds is 5. The van der Waals surface area contributed by atoms with E-state index in [1.807, 2.05) is 24.3 Å². The number of carbonyl (C=O) groups excluding carboxylic acids is 1. The van der Waals surface area contributed by atoms with Gasteiger partial charge in [-0.05, 0) is 16.3 Å². The highest BCUT2D eigenvalue weighted by Crippen LogP contribution is 2.25. The summed E-state index contributed by atoms with van der Waals surface area (Å²) in [5.74, 6) is 0.827. The van der Waals surface area contributed by atoms with Crippen molar-refractivity contribution >= 4 is 28.5 Å². The number of thioether (sulfide) groups is 1. The molecule has 0 saturated heterocycles. The molecule has 4 heteroatoms. The Labute approximate surface area is 117 Å². The minimum atomic E-state index is -0.213. The molecule has 0 radical (unpaired) electrons. The lowest BCUT2D eigenvalue weighted by Crippen LogP contribution is -2.15. The first-order valence-corrected chi connectivity index (χ1v) is 7.25. The van der Waals surface area contributed by atoms with Crippen LogP contribution in [0.5, 0.6) is 0 Å². The van der Waals surface area contributed by atoms with Crippen molar-refractivity contribution in [2.45, 2.75) is 6.04 Å². The predicted octanol–water partition coefficient (Wildman–Crippen LogP) is 2.75. The number of carbonyl (C=O) groups is 1. The summed E-state index contributed by atoms with van der Waals surface area (Å²) in [5, 5.41) is 2.37. The van der Waals surface area contributed by atoms with E-state index in [4.69, 9.17) is 5.73 Å². The molecule has 2 rings (SSSR count). The Morgan fingerprint density at radius 2 is 2.00 bits per heavy atom. The van der Waals surface area contributed by atoms with Crippen molar-refractivity contribution in [2.24, 2.45) is 5.73 Å². The zero-order valence-corrected chi connectivity index (χ0v) is 11.7. The van der Waals surface area contributed by atoms with Crippen LogP contribution in [0.4, 0.5) is 0 Å². The first-order valence-electron chi connectivity index (χ1n) is 6.10. The molecule has 0 aliphatic heterocycles. The van der Waals surface area contributed by atoms with Crippen LogP contribution in [0.3, 0.4) is 0 Å². The molecule has 0 bridgehead atoms. The molecule has 0 heterocycles. The van der Waals surface area contributed by atoms with Gasteiger partial charge in [-0.25, -0.2) is 0 Å². The Kier molecular flexibility index (Phi) is 4.82. The fourth-order valence-electron chi connectivity index (χ4n) is 1.99. The van der Waals surface area contributed by atoms with Crippen molar-refractivity contribution in [2.75, 3.05) is 18.6 Å². The van der Waals surface area contributed by atoms with Gasteiger partial charge in [0.1, 0.15) is 0 Å². The summed E-state index contributed by atoms with van der Waals surface area (Å²) in [4.78, 5) is 11.1. The van der Waals surface area contributed by atoms with Gasteiger partial charge in [-0.1, -0.05) is 42.5 Å². The summed E-state index contributed by atoms with van der Waals surface area (Å²) in [6.07, 6.45) is 0. The first-order chi connectivity index (χ1) is 9.22. The van der Waals surface area contributed by atoms with Gasteiger partial charge < -0.3 is 10.5 Å². The normalized spacial score (nSPS) is 12.3. The molecule has 0 aliphatic rings. The first kappa shape index (κ1) is 13.9. The second-order valence-corrected chi connectivity index (χ2v) is 5.30. The zero-order chi connectivity index (χ0) is 13.7. The second-order valence-electron chi connectivity index (χ2n) is 4.27. The lowest BCUT2D eigenvalue weighted by atomic mass is 10.0. The van der Waals surface area contributed by atoms with E-state index in [1.165, 1.54) is 29.6 Å². The van der Waals surface area contributed by atoms with Crippen molar-refractivity contribution in [1.82, 2.24) is 0 Å². The van der Waals surface area contributed by atoms with E-state index in [0.29, 0.717) is 11.5 Å². The van der Waals surface area contributed by atoms with Crippen molar-refractivity contribution in [3.8, 4) is 0 Å². The van der Waals surface area contributed by atoms with Crippen LogP contribution in [0.2, 0.25) is 0 Å². The standard InChI is InChI=1S/C15H17NO2S/c1-18-15(17)10-19-9-14(16)13-8-4-6-11-5-2-3-7-12(11)13/h2-8,14H,9-10,16H2,1H3. The van der Waals surface area contributed by atoms with Gasteiger partial charge in [0.2, 0.25) is 0 Å². The quantitative estimate of drug-likeness (QED) is 0.852. The topological polar surface area (TPSA) is 52.3 Å². The van der Waals surface area contributed by atoms with Gasteiger partial charge in [-0.2, -0.15) is 0 Å². The summed E-state index contributed by atoms with van der Waals surface area (Å²) in [6.45, 7) is 0. The highest BCUT2D eigenvalue weighted by molar-refractivity contribution is 7.99. The van der Waals surface area contributed by atoms with Gasteiger partial charge in [0, 0.05) is 11.8 Å². The fourth-order valence-corrected chi connectivity index (χ4v) is 2.83. The Balaban J connectivity index is 2.09. The maximum atomic E-state index is 11.1. The Bertz CT molecular complexity index is 566. The molecule has 2 aromatic carbocycles. The highest BCUT2D eigenvalue weighted by atomic mass is 32.2. The van der Waals surface area contributed by atoms with Crippen molar-refractivity contribution in [3.63, 3.8) is 0 Å².